The second kappa shape index (κ2) is 12.5. The van der Waals surface area contributed by atoms with Crippen LogP contribution >= 0.6 is 22.9 Å². The number of aromatic nitrogens is 2. The van der Waals surface area contributed by atoms with E-state index in [9.17, 15) is 18.4 Å². The molecule has 0 amide bonds. The van der Waals surface area contributed by atoms with Crippen molar-refractivity contribution in [3.63, 3.8) is 0 Å². The summed E-state index contributed by atoms with van der Waals surface area (Å²) in [6, 6.07) is 1.24. The van der Waals surface area contributed by atoms with Crippen molar-refractivity contribution in [2.75, 3.05) is 13.2 Å². The molecule has 41 heavy (non-hydrogen) atoms. The number of allylic oxidation sites excluding steroid dienone is 1. The van der Waals surface area contributed by atoms with Gasteiger partial charge < -0.3 is 19.2 Å². The number of hydrogen-bond donors (Lipinski definition) is 1. The molecule has 1 fully saturated rings. The van der Waals surface area contributed by atoms with Crippen LogP contribution in [0.3, 0.4) is 0 Å². The van der Waals surface area contributed by atoms with Crippen molar-refractivity contribution < 1.29 is 32.3 Å². The smallest absolute Gasteiger partial charge is 0.375 e. The minimum Gasteiger partial charge on any atom is -0.463 e. The molecule has 9 nitrogen and oxygen atoms in total. The monoisotopic (exact) mass is 604 g/mol. The first-order valence-corrected chi connectivity index (χ1v) is 14.5. The maximum absolute atomic E-state index is 14.6. The van der Waals surface area contributed by atoms with E-state index in [0.717, 1.165) is 6.07 Å². The van der Waals surface area contributed by atoms with Gasteiger partial charge in [0, 0.05) is 28.8 Å². The number of amidine groups is 1. The van der Waals surface area contributed by atoms with Gasteiger partial charge in [0.2, 0.25) is 5.76 Å². The zero-order chi connectivity index (χ0) is 29.1. The van der Waals surface area contributed by atoms with Gasteiger partial charge in [0.05, 0.1) is 30.0 Å². The van der Waals surface area contributed by atoms with Crippen LogP contribution < -0.4 is 5.32 Å². The summed E-state index contributed by atoms with van der Waals surface area (Å²) >= 11 is 7.62. The number of ether oxygens (including phenoxy) is 2. The molecule has 13 heteroatoms. The number of carbonyl (C=O) groups is 2. The zero-order valence-electron chi connectivity index (χ0n) is 22.3. The predicted molar refractivity (Wildman–Crippen MR) is 147 cm³/mol. The van der Waals surface area contributed by atoms with Crippen molar-refractivity contribution in [3.05, 3.63) is 80.1 Å². The summed E-state index contributed by atoms with van der Waals surface area (Å²) in [4.78, 5) is 38.8. The third kappa shape index (κ3) is 5.89. The van der Waals surface area contributed by atoms with E-state index in [2.05, 4.69) is 15.3 Å². The summed E-state index contributed by atoms with van der Waals surface area (Å²) in [5, 5.41) is 5.21. The number of carbonyl (C=O) groups excluding carboxylic acids is 2. The first kappa shape index (κ1) is 28.9. The highest BCUT2D eigenvalue weighted by Crippen LogP contribution is 2.44. The first-order valence-electron chi connectivity index (χ1n) is 13.2. The van der Waals surface area contributed by atoms with Crippen LogP contribution in [-0.4, -0.2) is 41.0 Å². The van der Waals surface area contributed by atoms with E-state index in [1.807, 2.05) is 0 Å². The Morgan fingerprint density at radius 1 is 1.07 bits per heavy atom. The molecule has 0 spiro atoms. The molecule has 2 aliphatic rings. The van der Waals surface area contributed by atoms with E-state index >= 15 is 0 Å². The molecule has 0 bridgehead atoms. The SMILES string of the molecule is CCOC(=O)C1=C(C2CCC(c3ncc(C(=O)OCC)o3)CC2)NC(c2nccs2)=NC1c1ccc(F)c(F)c1Cl. The number of benzene rings is 1. The lowest BCUT2D eigenvalue weighted by molar-refractivity contribution is -0.139. The van der Waals surface area contributed by atoms with Gasteiger partial charge in [-0.1, -0.05) is 17.7 Å². The molecule has 1 atom stereocenters. The van der Waals surface area contributed by atoms with Gasteiger partial charge in [-0.25, -0.2) is 28.3 Å². The normalized spacial score (nSPS) is 20.8. The van der Waals surface area contributed by atoms with Crippen molar-refractivity contribution in [2.24, 2.45) is 10.9 Å². The van der Waals surface area contributed by atoms with Crippen LogP contribution in [0.4, 0.5) is 8.78 Å². The largest absolute Gasteiger partial charge is 0.463 e. The number of thiazole rings is 1. The van der Waals surface area contributed by atoms with Gasteiger partial charge in [-0.3, -0.25) is 4.99 Å². The number of halogens is 3. The zero-order valence-corrected chi connectivity index (χ0v) is 23.9. The second-order valence-corrected chi connectivity index (χ2v) is 10.8. The van der Waals surface area contributed by atoms with Crippen LogP contribution in [0.2, 0.25) is 5.02 Å². The van der Waals surface area contributed by atoms with Crippen molar-refractivity contribution in [1.82, 2.24) is 15.3 Å². The Labute approximate surface area is 243 Å². The van der Waals surface area contributed by atoms with E-state index in [0.29, 0.717) is 48.1 Å². The molecular weight excluding hydrogens is 578 g/mol. The Bertz CT molecular complexity index is 1500. The van der Waals surface area contributed by atoms with Crippen molar-refractivity contribution in [2.45, 2.75) is 51.5 Å². The van der Waals surface area contributed by atoms with E-state index in [1.54, 1.807) is 25.4 Å². The Balaban J connectivity index is 1.50. The van der Waals surface area contributed by atoms with Gasteiger partial charge >= 0.3 is 11.9 Å². The van der Waals surface area contributed by atoms with Crippen LogP contribution in [0.5, 0.6) is 0 Å². The lowest BCUT2D eigenvalue weighted by Crippen LogP contribution is -2.38. The molecule has 1 saturated carbocycles. The maximum atomic E-state index is 14.6. The number of rotatable bonds is 8. The minimum atomic E-state index is -1.22. The minimum absolute atomic E-state index is 0.0341. The van der Waals surface area contributed by atoms with Gasteiger partial charge in [0.25, 0.3) is 0 Å². The van der Waals surface area contributed by atoms with Crippen LogP contribution in [0, 0.1) is 17.6 Å². The van der Waals surface area contributed by atoms with E-state index in [4.69, 9.17) is 30.5 Å². The number of oxazole rings is 1. The summed E-state index contributed by atoms with van der Waals surface area (Å²) in [5.74, 6) is -2.77. The summed E-state index contributed by atoms with van der Waals surface area (Å²) in [7, 11) is 0. The van der Waals surface area contributed by atoms with Gasteiger partial charge in [0.15, 0.2) is 28.4 Å². The topological polar surface area (TPSA) is 116 Å². The average Bonchev–Trinajstić information content (AvgIpc) is 3.69. The highest BCUT2D eigenvalue weighted by Gasteiger charge is 2.39. The van der Waals surface area contributed by atoms with Crippen LogP contribution in [-0.2, 0) is 14.3 Å². The van der Waals surface area contributed by atoms with Crippen LogP contribution in [0.15, 0.2) is 50.6 Å². The molecule has 1 aromatic carbocycles. The number of aliphatic imine (C=N–C) groups is 1. The average molecular weight is 605 g/mol. The lowest BCUT2D eigenvalue weighted by Gasteiger charge is -2.34. The van der Waals surface area contributed by atoms with Crippen molar-refractivity contribution >= 4 is 40.7 Å². The second-order valence-electron chi connectivity index (χ2n) is 9.49. The summed E-state index contributed by atoms with van der Waals surface area (Å²) in [6.07, 6.45) is 5.59. The Kier molecular flexibility index (Phi) is 8.79. The molecule has 1 aliphatic heterocycles. The van der Waals surface area contributed by atoms with E-state index in [1.165, 1.54) is 23.6 Å². The maximum Gasteiger partial charge on any atom is 0.375 e. The van der Waals surface area contributed by atoms with Gasteiger partial charge in [-0.05, 0) is 51.5 Å². The molecule has 216 valence electrons. The molecule has 3 aromatic rings. The van der Waals surface area contributed by atoms with Gasteiger partial charge in [-0.2, -0.15) is 0 Å². The molecular formula is C28H27ClF2N4O5S. The standard InChI is InChI=1S/C28H27ClF2N4O5S/c1-3-38-27(36)18-13-33-25(40-18)15-7-5-14(6-8-15)22-19(28(37)39-4-2)23(16-9-10-17(30)21(31)20(16)29)35-24(34-22)26-32-11-12-41-26/h9-15,23H,3-8H2,1-2H3,(H,34,35). The molecule has 0 saturated heterocycles. The van der Waals surface area contributed by atoms with Crippen molar-refractivity contribution in [1.29, 1.82) is 0 Å². The van der Waals surface area contributed by atoms with Gasteiger partial charge in [-0.15, -0.1) is 11.3 Å². The highest BCUT2D eigenvalue weighted by atomic mass is 35.5. The fraction of sp³-hybridized carbons (Fsp3) is 0.393. The van der Waals surface area contributed by atoms with Gasteiger partial charge in [0.1, 0.15) is 6.04 Å². The fourth-order valence-corrected chi connectivity index (χ4v) is 5.99. The van der Waals surface area contributed by atoms with Crippen molar-refractivity contribution in [3.8, 4) is 0 Å². The third-order valence-corrected chi connectivity index (χ3v) is 8.21. The molecule has 3 heterocycles. The van der Waals surface area contributed by atoms with E-state index in [-0.39, 0.29) is 41.9 Å². The number of esters is 2. The molecule has 1 N–H and O–H groups in total. The Hall–Kier alpha value is -3.64. The summed E-state index contributed by atoms with van der Waals surface area (Å²) in [5.41, 5.74) is 0.901. The summed E-state index contributed by atoms with van der Waals surface area (Å²) in [6.45, 7) is 3.74. The molecule has 0 radical (unpaired) electrons. The van der Waals surface area contributed by atoms with E-state index < -0.39 is 34.6 Å². The molecule has 1 unspecified atom stereocenters. The number of nitrogens with one attached hydrogen (secondary N) is 1. The predicted octanol–water partition coefficient (Wildman–Crippen LogP) is 6.12. The van der Waals surface area contributed by atoms with Crippen LogP contribution in [0.1, 0.15) is 78.5 Å². The first-order chi connectivity index (χ1) is 19.8. The number of hydrogen-bond acceptors (Lipinski definition) is 10. The van der Waals surface area contributed by atoms with Crippen LogP contribution in [0.25, 0.3) is 0 Å². The summed E-state index contributed by atoms with van der Waals surface area (Å²) < 4.78 is 44.6. The Morgan fingerprint density at radius 2 is 1.78 bits per heavy atom. The third-order valence-electron chi connectivity index (χ3n) is 7.05. The lowest BCUT2D eigenvalue weighted by atomic mass is 9.78. The fourth-order valence-electron chi connectivity index (χ4n) is 5.15. The highest BCUT2D eigenvalue weighted by molar-refractivity contribution is 7.11. The number of nitrogens with zero attached hydrogens (tertiary/aromatic N) is 3. The Morgan fingerprint density at radius 3 is 2.46 bits per heavy atom. The molecule has 1 aliphatic carbocycles. The molecule has 5 rings (SSSR count). The molecule has 2 aromatic heterocycles. The quantitative estimate of drug-likeness (QED) is 0.241.